The van der Waals surface area contributed by atoms with Crippen LogP contribution in [-0.2, 0) is 26.2 Å². The van der Waals surface area contributed by atoms with Crippen LogP contribution in [-0.4, -0.2) is 50.0 Å². The first-order valence-electron chi connectivity index (χ1n) is 10.7. The molecule has 1 N–H and O–H groups in total. The minimum Gasteiger partial charge on any atom is -0.352 e. The van der Waals surface area contributed by atoms with Gasteiger partial charge in [-0.25, -0.2) is 8.42 Å². The molecule has 0 spiro atoms. The SMILES string of the molecule is CC[C@@H](C)NC(=O)[C@@H](C)N(Cc1ccc(Cl)cc1Cl)C(=O)CN(c1cc(Cl)cc(Cl)c1)S(C)(=O)=O. The van der Waals surface area contributed by atoms with Crippen molar-refractivity contribution in [2.24, 2.45) is 0 Å². The lowest BCUT2D eigenvalue weighted by Gasteiger charge is -2.32. The van der Waals surface area contributed by atoms with E-state index in [1.165, 1.54) is 29.2 Å². The van der Waals surface area contributed by atoms with E-state index in [0.29, 0.717) is 22.0 Å². The van der Waals surface area contributed by atoms with Crippen LogP contribution in [0.25, 0.3) is 0 Å². The van der Waals surface area contributed by atoms with Crippen molar-refractivity contribution in [3.05, 3.63) is 62.1 Å². The highest BCUT2D eigenvalue weighted by atomic mass is 35.5. The number of carbonyl (C=O) groups excluding carboxylic acids is 2. The summed E-state index contributed by atoms with van der Waals surface area (Å²) in [4.78, 5) is 27.7. The highest BCUT2D eigenvalue weighted by Gasteiger charge is 2.31. The minimum absolute atomic E-state index is 0.0438. The van der Waals surface area contributed by atoms with Crippen LogP contribution in [0.3, 0.4) is 0 Å². The molecule has 0 unspecified atom stereocenters. The summed E-state index contributed by atoms with van der Waals surface area (Å²) in [6.45, 7) is 4.72. The van der Waals surface area contributed by atoms with Crippen molar-refractivity contribution in [1.82, 2.24) is 10.2 Å². The molecule has 0 heterocycles. The van der Waals surface area contributed by atoms with E-state index in [-0.39, 0.29) is 34.2 Å². The lowest BCUT2D eigenvalue weighted by atomic mass is 10.1. The number of halogens is 4. The summed E-state index contributed by atoms with van der Waals surface area (Å²) in [6.07, 6.45) is 1.67. The number of rotatable bonds is 10. The molecule has 0 saturated carbocycles. The lowest BCUT2D eigenvalue weighted by Crippen LogP contribution is -2.52. The van der Waals surface area contributed by atoms with Crippen LogP contribution in [0.1, 0.15) is 32.8 Å². The van der Waals surface area contributed by atoms with Crippen LogP contribution >= 0.6 is 46.4 Å². The van der Waals surface area contributed by atoms with Gasteiger partial charge in [-0.3, -0.25) is 13.9 Å². The maximum Gasteiger partial charge on any atom is 0.244 e. The summed E-state index contributed by atoms with van der Waals surface area (Å²) in [5, 5.41) is 4.00. The van der Waals surface area contributed by atoms with E-state index >= 15 is 0 Å². The van der Waals surface area contributed by atoms with Gasteiger partial charge in [-0.1, -0.05) is 59.4 Å². The van der Waals surface area contributed by atoms with Gasteiger partial charge in [0.25, 0.3) is 0 Å². The molecule has 0 saturated heterocycles. The zero-order chi connectivity index (χ0) is 26.5. The fourth-order valence-electron chi connectivity index (χ4n) is 3.18. The number of hydrogen-bond donors (Lipinski definition) is 1. The van der Waals surface area contributed by atoms with Crippen molar-refractivity contribution in [2.45, 2.75) is 45.8 Å². The number of hydrogen-bond acceptors (Lipinski definition) is 4. The second-order valence-corrected chi connectivity index (χ2v) is 11.8. The van der Waals surface area contributed by atoms with Gasteiger partial charge in [0.15, 0.2) is 0 Å². The Labute approximate surface area is 226 Å². The third-order valence-electron chi connectivity index (χ3n) is 5.34. The van der Waals surface area contributed by atoms with Crippen LogP contribution in [0, 0.1) is 0 Å². The van der Waals surface area contributed by atoms with Gasteiger partial charge >= 0.3 is 0 Å². The molecule has 0 radical (unpaired) electrons. The smallest absolute Gasteiger partial charge is 0.244 e. The quantitative estimate of drug-likeness (QED) is 0.406. The molecule has 0 bridgehead atoms. The van der Waals surface area contributed by atoms with Crippen LogP contribution in [0.4, 0.5) is 5.69 Å². The van der Waals surface area contributed by atoms with Gasteiger partial charge in [0.1, 0.15) is 12.6 Å². The molecular formula is C23H27Cl4N3O4S. The molecule has 0 aromatic heterocycles. The van der Waals surface area contributed by atoms with Crippen LogP contribution in [0.15, 0.2) is 36.4 Å². The summed E-state index contributed by atoms with van der Waals surface area (Å²) in [5.74, 6) is -1.00. The molecule has 2 aromatic carbocycles. The Morgan fingerprint density at radius 1 is 0.971 bits per heavy atom. The predicted molar refractivity (Wildman–Crippen MR) is 143 cm³/mol. The van der Waals surface area contributed by atoms with Crippen molar-refractivity contribution in [2.75, 3.05) is 17.1 Å². The maximum atomic E-state index is 13.5. The Bertz CT molecular complexity index is 1170. The Hall–Kier alpha value is -1.71. The number of nitrogens with zero attached hydrogens (tertiary/aromatic N) is 2. The summed E-state index contributed by atoms with van der Waals surface area (Å²) in [7, 11) is -3.91. The standard InChI is InChI=1S/C23H27Cl4N3O4S/c1-5-14(2)28-23(32)15(3)29(12-16-6-7-17(24)11-21(16)27)22(31)13-30(35(4,33)34)20-9-18(25)8-19(26)10-20/h6-11,14-15H,5,12-13H2,1-4H3,(H,28,32)/t14-,15-/m1/s1. The molecule has 2 amide bonds. The lowest BCUT2D eigenvalue weighted by molar-refractivity contribution is -0.139. The average Bonchev–Trinajstić information content (AvgIpc) is 2.74. The van der Waals surface area contributed by atoms with Crippen LogP contribution in [0.2, 0.25) is 20.1 Å². The van der Waals surface area contributed by atoms with E-state index in [9.17, 15) is 18.0 Å². The van der Waals surface area contributed by atoms with Crippen molar-refractivity contribution in [1.29, 1.82) is 0 Å². The Morgan fingerprint density at radius 3 is 2.09 bits per heavy atom. The molecule has 0 aliphatic rings. The second kappa shape index (κ2) is 12.5. The van der Waals surface area contributed by atoms with Gasteiger partial charge in [0.05, 0.1) is 11.9 Å². The number of sulfonamides is 1. The molecule has 0 aliphatic heterocycles. The molecular weight excluding hydrogens is 556 g/mol. The maximum absolute atomic E-state index is 13.5. The van der Waals surface area contributed by atoms with Crippen LogP contribution in [0.5, 0.6) is 0 Å². The number of carbonyl (C=O) groups is 2. The molecule has 2 aromatic rings. The first kappa shape index (κ1) is 29.5. The van der Waals surface area contributed by atoms with Gasteiger partial charge in [-0.15, -0.1) is 0 Å². The average molecular weight is 583 g/mol. The van der Waals surface area contributed by atoms with E-state index < -0.39 is 28.5 Å². The molecule has 2 rings (SSSR count). The molecule has 12 heteroatoms. The number of anilines is 1. The monoisotopic (exact) mass is 581 g/mol. The zero-order valence-corrected chi connectivity index (χ0v) is 23.5. The van der Waals surface area contributed by atoms with E-state index in [1.807, 2.05) is 13.8 Å². The number of benzene rings is 2. The normalized spacial score (nSPS) is 13.1. The van der Waals surface area contributed by atoms with Crippen molar-refractivity contribution >= 4 is 73.9 Å². The van der Waals surface area contributed by atoms with Gasteiger partial charge in [0.2, 0.25) is 21.8 Å². The van der Waals surface area contributed by atoms with Gasteiger partial charge in [0, 0.05) is 32.7 Å². The van der Waals surface area contributed by atoms with E-state index in [1.54, 1.807) is 19.1 Å². The van der Waals surface area contributed by atoms with Gasteiger partial charge in [-0.2, -0.15) is 0 Å². The molecule has 192 valence electrons. The topological polar surface area (TPSA) is 86.8 Å². The van der Waals surface area contributed by atoms with Crippen molar-refractivity contribution in [3.8, 4) is 0 Å². The second-order valence-electron chi connectivity index (χ2n) is 8.15. The Kier molecular flexibility index (Phi) is 10.5. The third-order valence-corrected chi connectivity index (χ3v) is 7.50. The minimum atomic E-state index is -3.91. The fraction of sp³-hybridized carbons (Fsp3) is 0.391. The Morgan fingerprint density at radius 2 is 1.57 bits per heavy atom. The highest BCUT2D eigenvalue weighted by molar-refractivity contribution is 7.92. The molecule has 7 nitrogen and oxygen atoms in total. The van der Waals surface area contributed by atoms with E-state index in [4.69, 9.17) is 46.4 Å². The molecule has 0 aliphatic carbocycles. The zero-order valence-electron chi connectivity index (χ0n) is 19.7. The van der Waals surface area contributed by atoms with Crippen molar-refractivity contribution in [3.63, 3.8) is 0 Å². The Balaban J connectivity index is 2.45. The van der Waals surface area contributed by atoms with Crippen LogP contribution < -0.4 is 9.62 Å². The molecule has 35 heavy (non-hydrogen) atoms. The summed E-state index contributed by atoms with van der Waals surface area (Å²) in [5.41, 5.74) is 0.670. The van der Waals surface area contributed by atoms with E-state index in [0.717, 1.165) is 10.6 Å². The molecule has 2 atom stereocenters. The predicted octanol–water partition coefficient (Wildman–Crippen LogP) is 5.40. The largest absolute Gasteiger partial charge is 0.352 e. The van der Waals surface area contributed by atoms with Crippen molar-refractivity contribution < 1.29 is 18.0 Å². The third kappa shape index (κ3) is 8.43. The first-order valence-corrected chi connectivity index (χ1v) is 14.1. The number of nitrogens with one attached hydrogen (secondary N) is 1. The highest BCUT2D eigenvalue weighted by Crippen LogP contribution is 2.28. The summed E-state index contributed by atoms with van der Waals surface area (Å²) < 4.78 is 26.1. The van der Waals surface area contributed by atoms with E-state index in [2.05, 4.69) is 5.32 Å². The number of amides is 2. The fourth-order valence-corrected chi connectivity index (χ4v) is 4.99. The summed E-state index contributed by atoms with van der Waals surface area (Å²) >= 11 is 24.4. The van der Waals surface area contributed by atoms with Gasteiger partial charge < -0.3 is 10.2 Å². The first-order chi connectivity index (χ1) is 16.2. The van der Waals surface area contributed by atoms with Gasteiger partial charge in [-0.05, 0) is 56.2 Å². The molecule has 0 fully saturated rings. The summed E-state index contributed by atoms with van der Waals surface area (Å²) in [6, 6.07) is 7.99.